The van der Waals surface area contributed by atoms with Gasteiger partial charge in [0.15, 0.2) is 0 Å². The Labute approximate surface area is 213 Å². The number of hydrogen-bond donors (Lipinski definition) is 1. The van der Waals surface area contributed by atoms with Crippen LogP contribution in [0.2, 0.25) is 0 Å². The molecule has 2 heterocycles. The van der Waals surface area contributed by atoms with Crippen molar-refractivity contribution in [1.29, 1.82) is 0 Å². The van der Waals surface area contributed by atoms with Gasteiger partial charge in [-0.1, -0.05) is 48.2 Å². The van der Waals surface area contributed by atoms with Gasteiger partial charge in [-0.3, -0.25) is 14.6 Å². The van der Waals surface area contributed by atoms with Crippen molar-refractivity contribution >= 4 is 11.9 Å². The van der Waals surface area contributed by atoms with E-state index in [1.165, 1.54) is 16.7 Å². The van der Waals surface area contributed by atoms with E-state index in [1.54, 1.807) is 18.7 Å². The van der Waals surface area contributed by atoms with Gasteiger partial charge in [0.1, 0.15) is 11.1 Å². The first kappa shape index (κ1) is 24.5. The highest BCUT2D eigenvalue weighted by molar-refractivity contribution is 6.07. The van der Waals surface area contributed by atoms with E-state index in [9.17, 15) is 14.7 Å². The number of imide groups is 1. The van der Waals surface area contributed by atoms with Crippen molar-refractivity contribution in [1.82, 2.24) is 14.7 Å². The number of fused-ring (bicyclic) bond motifs is 1. The molecule has 1 aliphatic carbocycles. The SMILES string of the molecule is CCN1C(=O)N(C2Cc3ccccc3C2)C(=O)C12CCN(Cc1ccc(C#CC(C)(C)O)cc1)CC2. The molecule has 2 aromatic rings. The molecule has 3 aliphatic rings. The number of benzene rings is 2. The Kier molecular flexibility index (Phi) is 6.40. The van der Waals surface area contributed by atoms with Crippen LogP contribution in [0.5, 0.6) is 0 Å². The maximum Gasteiger partial charge on any atom is 0.327 e. The number of nitrogens with zero attached hydrogens (tertiary/aromatic N) is 3. The lowest BCUT2D eigenvalue weighted by Gasteiger charge is -2.42. The number of piperidine rings is 1. The van der Waals surface area contributed by atoms with E-state index in [-0.39, 0.29) is 18.0 Å². The molecule has 2 aliphatic heterocycles. The Morgan fingerprint density at radius 3 is 2.17 bits per heavy atom. The van der Waals surface area contributed by atoms with Gasteiger partial charge in [0.2, 0.25) is 0 Å². The summed E-state index contributed by atoms with van der Waals surface area (Å²) in [6.45, 7) is 8.22. The van der Waals surface area contributed by atoms with Crippen molar-refractivity contribution in [3.05, 3.63) is 70.8 Å². The number of likely N-dealkylation sites (tertiary alicyclic amines) is 1. The van der Waals surface area contributed by atoms with E-state index in [4.69, 9.17) is 0 Å². The van der Waals surface area contributed by atoms with Gasteiger partial charge in [-0.15, -0.1) is 0 Å². The monoisotopic (exact) mass is 485 g/mol. The lowest BCUT2D eigenvalue weighted by Crippen LogP contribution is -2.56. The van der Waals surface area contributed by atoms with E-state index in [0.29, 0.717) is 19.4 Å². The fraction of sp³-hybridized carbons (Fsp3) is 0.467. The maximum atomic E-state index is 13.8. The van der Waals surface area contributed by atoms with Crippen LogP contribution >= 0.6 is 0 Å². The smallest absolute Gasteiger partial charge is 0.327 e. The molecule has 0 radical (unpaired) electrons. The molecule has 3 amide bonds. The second kappa shape index (κ2) is 9.38. The van der Waals surface area contributed by atoms with Crippen LogP contribution < -0.4 is 0 Å². The number of carbonyl (C=O) groups is 2. The Hall–Kier alpha value is -3.14. The average molecular weight is 486 g/mol. The Morgan fingerprint density at radius 2 is 1.61 bits per heavy atom. The fourth-order valence-corrected chi connectivity index (χ4v) is 5.96. The highest BCUT2D eigenvalue weighted by Crippen LogP contribution is 2.40. The molecular weight excluding hydrogens is 450 g/mol. The number of aliphatic hydroxyl groups is 1. The molecule has 0 saturated carbocycles. The topological polar surface area (TPSA) is 64.1 Å². The number of carbonyl (C=O) groups excluding carboxylic acids is 2. The third-order valence-electron chi connectivity index (χ3n) is 7.84. The number of urea groups is 1. The minimum absolute atomic E-state index is 0.00143. The molecule has 1 N–H and O–H groups in total. The normalized spacial score (nSPS) is 20.1. The summed E-state index contributed by atoms with van der Waals surface area (Å²) in [7, 11) is 0. The van der Waals surface area contributed by atoms with Crippen LogP contribution in [-0.2, 0) is 24.2 Å². The highest BCUT2D eigenvalue weighted by Gasteiger charge is 2.59. The Morgan fingerprint density at radius 1 is 1.00 bits per heavy atom. The molecule has 2 fully saturated rings. The largest absolute Gasteiger partial charge is 0.378 e. The summed E-state index contributed by atoms with van der Waals surface area (Å²) in [6, 6.07) is 16.2. The van der Waals surface area contributed by atoms with Gasteiger partial charge in [0, 0.05) is 37.8 Å². The fourth-order valence-electron chi connectivity index (χ4n) is 5.96. The van der Waals surface area contributed by atoms with Gasteiger partial charge in [0.05, 0.1) is 0 Å². The van der Waals surface area contributed by atoms with E-state index in [0.717, 1.165) is 38.0 Å². The van der Waals surface area contributed by atoms with Gasteiger partial charge in [-0.2, -0.15) is 0 Å². The third-order valence-corrected chi connectivity index (χ3v) is 7.84. The molecule has 6 heteroatoms. The summed E-state index contributed by atoms with van der Waals surface area (Å²) >= 11 is 0. The van der Waals surface area contributed by atoms with Crippen molar-refractivity contribution in [2.24, 2.45) is 0 Å². The zero-order chi connectivity index (χ0) is 25.5. The molecule has 0 aromatic heterocycles. The minimum Gasteiger partial charge on any atom is -0.378 e. The summed E-state index contributed by atoms with van der Waals surface area (Å²) in [5.41, 5.74) is 2.84. The summed E-state index contributed by atoms with van der Waals surface area (Å²) in [6.07, 6.45) is 2.83. The van der Waals surface area contributed by atoms with Crippen LogP contribution in [-0.4, -0.2) is 68.6 Å². The first-order valence-corrected chi connectivity index (χ1v) is 13.0. The van der Waals surface area contributed by atoms with E-state index >= 15 is 0 Å². The van der Waals surface area contributed by atoms with Crippen LogP contribution in [0, 0.1) is 11.8 Å². The molecule has 6 nitrogen and oxygen atoms in total. The maximum absolute atomic E-state index is 13.8. The molecule has 0 atom stereocenters. The third kappa shape index (κ3) is 4.54. The Balaban J connectivity index is 1.25. The molecule has 0 bridgehead atoms. The zero-order valence-electron chi connectivity index (χ0n) is 21.5. The lowest BCUT2D eigenvalue weighted by atomic mass is 9.85. The summed E-state index contributed by atoms with van der Waals surface area (Å²) in [5, 5.41) is 9.80. The van der Waals surface area contributed by atoms with Crippen LogP contribution in [0.25, 0.3) is 0 Å². The van der Waals surface area contributed by atoms with Crippen molar-refractivity contribution in [3.63, 3.8) is 0 Å². The summed E-state index contributed by atoms with van der Waals surface area (Å²) < 4.78 is 0. The quantitative estimate of drug-likeness (QED) is 0.531. The molecular formula is C30H35N3O3. The highest BCUT2D eigenvalue weighted by atomic mass is 16.3. The molecule has 1 spiro atoms. The first-order chi connectivity index (χ1) is 17.2. The van der Waals surface area contributed by atoms with Gasteiger partial charge < -0.3 is 10.0 Å². The number of likely N-dealkylation sites (N-methyl/N-ethyl adjacent to an activating group) is 1. The molecule has 5 rings (SSSR count). The predicted molar refractivity (Wildman–Crippen MR) is 139 cm³/mol. The standard InChI is InChI=1S/C30H35N3O3/c1-4-32-28(35)33(26-19-24-7-5-6-8-25(24)20-26)27(34)30(32)15-17-31(18-16-30)21-23-11-9-22(10-12-23)13-14-29(2,3)36/h5-12,26,36H,4,15-21H2,1-3H3. The van der Waals surface area contributed by atoms with Crippen LogP contribution in [0.1, 0.15) is 55.9 Å². The van der Waals surface area contributed by atoms with Crippen molar-refractivity contribution < 1.29 is 14.7 Å². The molecule has 188 valence electrons. The number of rotatable bonds is 4. The number of hydrogen-bond acceptors (Lipinski definition) is 4. The second-order valence-electron chi connectivity index (χ2n) is 10.8. The van der Waals surface area contributed by atoms with Gasteiger partial charge in [-0.25, -0.2) is 4.79 Å². The zero-order valence-corrected chi connectivity index (χ0v) is 21.5. The van der Waals surface area contributed by atoms with Gasteiger partial charge in [0.25, 0.3) is 5.91 Å². The summed E-state index contributed by atoms with van der Waals surface area (Å²) in [5.74, 6) is 5.85. The second-order valence-corrected chi connectivity index (χ2v) is 10.8. The van der Waals surface area contributed by atoms with Crippen LogP contribution in [0.15, 0.2) is 48.5 Å². The molecule has 2 aromatic carbocycles. The van der Waals surface area contributed by atoms with Crippen molar-refractivity contribution in [3.8, 4) is 11.8 Å². The van der Waals surface area contributed by atoms with Crippen LogP contribution in [0.4, 0.5) is 4.79 Å². The molecule has 2 saturated heterocycles. The molecule has 0 unspecified atom stereocenters. The van der Waals surface area contributed by atoms with Crippen molar-refractivity contribution in [2.45, 2.75) is 70.2 Å². The van der Waals surface area contributed by atoms with E-state index < -0.39 is 11.1 Å². The van der Waals surface area contributed by atoms with E-state index in [1.807, 2.05) is 36.1 Å². The van der Waals surface area contributed by atoms with Crippen molar-refractivity contribution in [2.75, 3.05) is 19.6 Å². The first-order valence-electron chi connectivity index (χ1n) is 13.0. The van der Waals surface area contributed by atoms with Crippen LogP contribution in [0.3, 0.4) is 0 Å². The average Bonchev–Trinajstić information content (AvgIpc) is 3.36. The van der Waals surface area contributed by atoms with Gasteiger partial charge in [-0.05, 0) is 75.3 Å². The van der Waals surface area contributed by atoms with E-state index in [2.05, 4.69) is 41.0 Å². The summed E-state index contributed by atoms with van der Waals surface area (Å²) in [4.78, 5) is 33.1. The predicted octanol–water partition coefficient (Wildman–Crippen LogP) is 3.60. The lowest BCUT2D eigenvalue weighted by molar-refractivity contribution is -0.137. The van der Waals surface area contributed by atoms with Gasteiger partial charge >= 0.3 is 6.03 Å². The minimum atomic E-state index is -1.01. The molecule has 36 heavy (non-hydrogen) atoms. The Bertz CT molecular complexity index is 1190. The number of amides is 3.